The molecule has 120 valence electrons. The Hall–Kier alpha value is -2.28. The topological polar surface area (TPSA) is 60.9 Å². The Morgan fingerprint density at radius 3 is 2.70 bits per heavy atom. The van der Waals surface area contributed by atoms with E-state index in [2.05, 4.69) is 9.88 Å². The van der Waals surface area contributed by atoms with E-state index in [4.69, 9.17) is 14.2 Å². The maximum atomic E-state index is 11.7. The van der Waals surface area contributed by atoms with Crippen molar-refractivity contribution in [2.75, 3.05) is 25.1 Å². The minimum absolute atomic E-state index is 0.380. The average Bonchev–Trinajstić information content (AvgIpc) is 3.23. The molecule has 2 aliphatic rings. The first kappa shape index (κ1) is 14.3. The van der Waals surface area contributed by atoms with Crippen molar-refractivity contribution in [3.8, 4) is 11.5 Å². The Morgan fingerprint density at radius 1 is 1.35 bits per heavy atom. The predicted octanol–water partition coefficient (Wildman–Crippen LogP) is 2.62. The Morgan fingerprint density at radius 2 is 2.04 bits per heavy atom. The van der Waals surface area contributed by atoms with Crippen LogP contribution in [0.5, 0.6) is 11.5 Å². The first-order valence-electron chi connectivity index (χ1n) is 7.38. The summed E-state index contributed by atoms with van der Waals surface area (Å²) in [6.07, 6.45) is 0.744. The molecule has 7 heteroatoms. The molecule has 0 atom stereocenters. The molecule has 1 aromatic carbocycles. The molecule has 0 N–H and O–H groups in total. The summed E-state index contributed by atoms with van der Waals surface area (Å²) in [5, 5.41) is 0.794. The monoisotopic (exact) mass is 332 g/mol. The third-order valence-corrected chi connectivity index (χ3v) is 5.10. The fraction of sp³-hybridized carbons (Fsp3) is 0.375. The minimum atomic E-state index is -0.658. The van der Waals surface area contributed by atoms with Crippen LogP contribution in [0.1, 0.15) is 21.8 Å². The van der Waals surface area contributed by atoms with Crippen LogP contribution in [0.15, 0.2) is 24.3 Å². The number of nitrogens with zero attached hydrogens (tertiary/aromatic N) is 2. The van der Waals surface area contributed by atoms with Gasteiger partial charge in [-0.2, -0.15) is 0 Å². The Kier molecular flexibility index (Phi) is 3.19. The molecule has 6 nitrogen and oxygen atoms in total. The SMILES string of the molecule is COC(=O)c1nc(N2CCC3(C2)Oc2ccccc2O3)sc1C. The molecule has 1 fully saturated rings. The summed E-state index contributed by atoms with van der Waals surface area (Å²) in [5.41, 5.74) is 0.380. The summed E-state index contributed by atoms with van der Waals surface area (Å²) in [6, 6.07) is 7.69. The predicted molar refractivity (Wildman–Crippen MR) is 85.4 cm³/mol. The number of carbonyl (C=O) groups is 1. The summed E-state index contributed by atoms with van der Waals surface area (Å²) >= 11 is 1.48. The number of hydrogen-bond donors (Lipinski definition) is 0. The van der Waals surface area contributed by atoms with Crippen molar-refractivity contribution < 1.29 is 19.0 Å². The van der Waals surface area contributed by atoms with Gasteiger partial charge < -0.3 is 19.1 Å². The number of esters is 1. The zero-order valence-electron chi connectivity index (χ0n) is 12.9. The van der Waals surface area contributed by atoms with E-state index in [1.807, 2.05) is 31.2 Å². The third kappa shape index (κ3) is 2.31. The van der Waals surface area contributed by atoms with Crippen LogP contribution in [0.3, 0.4) is 0 Å². The van der Waals surface area contributed by atoms with Crippen molar-refractivity contribution in [2.24, 2.45) is 0 Å². The van der Waals surface area contributed by atoms with Gasteiger partial charge in [0.1, 0.15) is 0 Å². The van der Waals surface area contributed by atoms with Gasteiger partial charge in [-0.25, -0.2) is 9.78 Å². The van der Waals surface area contributed by atoms with Crippen LogP contribution in [0, 0.1) is 6.92 Å². The van der Waals surface area contributed by atoms with E-state index in [-0.39, 0.29) is 0 Å². The highest BCUT2D eigenvalue weighted by Crippen LogP contribution is 2.44. The number of rotatable bonds is 2. The number of thiazole rings is 1. The standard InChI is InChI=1S/C16H16N2O4S/c1-10-13(14(19)20-2)17-15(23-10)18-8-7-16(9-18)21-11-5-3-4-6-12(11)22-16/h3-6H,7-9H2,1-2H3. The molecule has 1 saturated heterocycles. The van der Waals surface area contributed by atoms with E-state index in [0.29, 0.717) is 12.2 Å². The molecule has 3 heterocycles. The number of carbonyl (C=O) groups excluding carboxylic acids is 1. The van der Waals surface area contributed by atoms with Gasteiger partial charge in [-0.05, 0) is 19.1 Å². The zero-order valence-corrected chi connectivity index (χ0v) is 13.7. The van der Waals surface area contributed by atoms with Gasteiger partial charge >= 0.3 is 5.97 Å². The van der Waals surface area contributed by atoms with Crippen molar-refractivity contribution in [3.05, 3.63) is 34.8 Å². The number of para-hydroxylation sites is 2. The smallest absolute Gasteiger partial charge is 0.357 e. The van der Waals surface area contributed by atoms with Crippen molar-refractivity contribution in [1.29, 1.82) is 0 Å². The third-order valence-electron chi connectivity index (χ3n) is 4.07. The van der Waals surface area contributed by atoms with E-state index in [1.54, 1.807) is 0 Å². The molecule has 2 aliphatic heterocycles. The summed E-state index contributed by atoms with van der Waals surface area (Å²) in [4.78, 5) is 19.1. The summed E-state index contributed by atoms with van der Waals surface area (Å²) in [6.45, 7) is 3.22. The molecule has 1 spiro atoms. The van der Waals surface area contributed by atoms with E-state index >= 15 is 0 Å². The average molecular weight is 332 g/mol. The molecule has 0 amide bonds. The number of methoxy groups -OCH3 is 1. The second-order valence-corrected chi connectivity index (χ2v) is 6.81. The van der Waals surface area contributed by atoms with Gasteiger partial charge in [0.25, 0.3) is 5.79 Å². The molecule has 1 aromatic heterocycles. The van der Waals surface area contributed by atoms with Gasteiger partial charge in [0, 0.05) is 17.8 Å². The lowest BCUT2D eigenvalue weighted by Crippen LogP contribution is -2.41. The molecule has 0 aliphatic carbocycles. The number of anilines is 1. The van der Waals surface area contributed by atoms with Crippen molar-refractivity contribution >= 4 is 22.4 Å². The highest BCUT2D eigenvalue weighted by Gasteiger charge is 2.48. The van der Waals surface area contributed by atoms with Crippen LogP contribution in [0.4, 0.5) is 5.13 Å². The van der Waals surface area contributed by atoms with Gasteiger partial charge in [0.05, 0.1) is 13.7 Å². The number of hydrogen-bond acceptors (Lipinski definition) is 7. The first-order valence-corrected chi connectivity index (χ1v) is 8.20. The van der Waals surface area contributed by atoms with Crippen LogP contribution in [0.2, 0.25) is 0 Å². The van der Waals surface area contributed by atoms with Crippen molar-refractivity contribution in [2.45, 2.75) is 19.1 Å². The Labute approximate surface area is 137 Å². The fourth-order valence-corrected chi connectivity index (χ4v) is 3.85. The number of aromatic nitrogens is 1. The summed E-state index contributed by atoms with van der Waals surface area (Å²) < 4.78 is 16.8. The van der Waals surface area contributed by atoms with Crippen LogP contribution < -0.4 is 14.4 Å². The van der Waals surface area contributed by atoms with E-state index < -0.39 is 11.8 Å². The molecular weight excluding hydrogens is 316 g/mol. The second-order valence-electron chi connectivity index (χ2n) is 5.63. The molecule has 2 aromatic rings. The molecule has 4 rings (SSSR count). The zero-order chi connectivity index (χ0) is 16.0. The quantitative estimate of drug-likeness (QED) is 0.788. The molecular formula is C16H16N2O4S. The van der Waals surface area contributed by atoms with Gasteiger partial charge in [-0.1, -0.05) is 12.1 Å². The van der Waals surface area contributed by atoms with Crippen LogP contribution in [-0.2, 0) is 4.74 Å². The lowest BCUT2D eigenvalue weighted by Gasteiger charge is -2.22. The van der Waals surface area contributed by atoms with Gasteiger partial charge in [0.2, 0.25) is 0 Å². The lowest BCUT2D eigenvalue weighted by molar-refractivity contribution is -0.0577. The maximum Gasteiger partial charge on any atom is 0.357 e. The van der Waals surface area contributed by atoms with Crippen LogP contribution in [-0.4, -0.2) is 36.9 Å². The van der Waals surface area contributed by atoms with Gasteiger partial charge in [-0.3, -0.25) is 0 Å². The molecule has 0 saturated carbocycles. The van der Waals surface area contributed by atoms with Crippen LogP contribution >= 0.6 is 11.3 Å². The Bertz CT molecular complexity index is 748. The second kappa shape index (κ2) is 5.13. The van der Waals surface area contributed by atoms with Gasteiger partial charge in [0.15, 0.2) is 22.3 Å². The number of ether oxygens (including phenoxy) is 3. The molecule has 23 heavy (non-hydrogen) atoms. The van der Waals surface area contributed by atoms with Crippen molar-refractivity contribution in [3.63, 3.8) is 0 Å². The van der Waals surface area contributed by atoms with E-state index in [9.17, 15) is 4.79 Å². The number of aryl methyl sites for hydroxylation is 1. The highest BCUT2D eigenvalue weighted by molar-refractivity contribution is 7.15. The van der Waals surface area contributed by atoms with E-state index in [0.717, 1.165) is 34.5 Å². The normalized spacial score (nSPS) is 17.7. The largest absolute Gasteiger partial charge is 0.464 e. The van der Waals surface area contributed by atoms with Gasteiger partial charge in [-0.15, -0.1) is 11.3 Å². The van der Waals surface area contributed by atoms with Crippen LogP contribution in [0.25, 0.3) is 0 Å². The molecule has 0 bridgehead atoms. The first-order chi connectivity index (χ1) is 11.1. The number of fused-ring (bicyclic) bond motifs is 1. The lowest BCUT2D eigenvalue weighted by atomic mass is 10.2. The van der Waals surface area contributed by atoms with Crippen molar-refractivity contribution in [1.82, 2.24) is 4.98 Å². The fourth-order valence-electron chi connectivity index (χ4n) is 2.93. The molecule has 0 radical (unpaired) electrons. The van der Waals surface area contributed by atoms with E-state index in [1.165, 1.54) is 18.4 Å². The molecule has 0 unspecified atom stereocenters. The Balaban J connectivity index is 1.55. The summed E-state index contributed by atoms with van der Waals surface area (Å²) in [7, 11) is 1.36. The minimum Gasteiger partial charge on any atom is -0.464 e. The maximum absolute atomic E-state index is 11.7. The summed E-state index contributed by atoms with van der Waals surface area (Å²) in [5.74, 6) is 0.494. The number of benzene rings is 1. The highest BCUT2D eigenvalue weighted by atomic mass is 32.1.